The fourth-order valence-corrected chi connectivity index (χ4v) is 2.63. The zero-order valence-electron chi connectivity index (χ0n) is 11.0. The summed E-state index contributed by atoms with van der Waals surface area (Å²) in [5, 5.41) is 3.15. The molecule has 0 fully saturated rings. The van der Waals surface area contributed by atoms with E-state index in [1.165, 1.54) is 17.7 Å². The van der Waals surface area contributed by atoms with Crippen molar-refractivity contribution in [3.05, 3.63) is 58.9 Å². The maximum absolute atomic E-state index is 5.72. The van der Waals surface area contributed by atoms with Gasteiger partial charge in [-0.15, -0.1) is 11.3 Å². The van der Waals surface area contributed by atoms with Crippen molar-refractivity contribution in [1.29, 1.82) is 0 Å². The molecule has 0 amide bonds. The summed E-state index contributed by atoms with van der Waals surface area (Å²) in [7, 11) is 0. The third-order valence-electron chi connectivity index (χ3n) is 2.76. The molecule has 0 saturated carbocycles. The molecule has 98 valence electrons. The predicted molar refractivity (Wildman–Crippen MR) is 84.5 cm³/mol. The first kappa shape index (κ1) is 13.6. The molecule has 2 heterocycles. The lowest BCUT2D eigenvalue weighted by Gasteiger charge is -1.97. The summed E-state index contributed by atoms with van der Waals surface area (Å²) in [6.45, 7) is 2.21. The highest BCUT2D eigenvalue weighted by Crippen LogP contribution is 2.16. The van der Waals surface area contributed by atoms with Gasteiger partial charge in [-0.3, -0.25) is 4.98 Å². The van der Waals surface area contributed by atoms with Crippen LogP contribution in [-0.2, 0) is 6.42 Å². The molecule has 3 heteroatoms. The smallest absolute Gasteiger partial charge is 0.0722 e. The van der Waals surface area contributed by atoms with Gasteiger partial charge in [-0.25, -0.2) is 0 Å². The second kappa shape index (κ2) is 6.90. The number of nitrogens with zero attached hydrogens (tertiary/aromatic N) is 1. The van der Waals surface area contributed by atoms with E-state index in [0.717, 1.165) is 16.6 Å². The Hall–Kier alpha value is -1.87. The van der Waals surface area contributed by atoms with E-state index in [9.17, 15) is 0 Å². The molecule has 0 bridgehead atoms. The van der Waals surface area contributed by atoms with E-state index in [0.29, 0.717) is 0 Å². The molecule has 3 rings (SSSR count). The van der Waals surface area contributed by atoms with Gasteiger partial charge in [0.25, 0.3) is 0 Å². The number of nitrogens with two attached hydrogens (primary N) is 1. The van der Waals surface area contributed by atoms with E-state index < -0.39 is 0 Å². The van der Waals surface area contributed by atoms with Gasteiger partial charge in [0, 0.05) is 22.1 Å². The lowest BCUT2D eigenvalue weighted by molar-refractivity contribution is 0.940. The van der Waals surface area contributed by atoms with Gasteiger partial charge < -0.3 is 5.73 Å². The molecule has 0 saturated heterocycles. The number of nitrogen functional groups attached to an aromatic ring is 1. The van der Waals surface area contributed by atoms with E-state index in [2.05, 4.69) is 29.4 Å². The minimum absolute atomic E-state index is 0.788. The highest BCUT2D eigenvalue weighted by Gasteiger charge is 1.94. The molecule has 0 unspecified atom stereocenters. The molecule has 0 aliphatic carbocycles. The Morgan fingerprint density at radius 1 is 1.11 bits per heavy atom. The average Bonchev–Trinajstić information content (AvgIpc) is 2.94. The standard InChI is InChI=1S/C9H8N2.C7H10S/c10-8-5-6-11-9-4-2-1-3-7(8)9;1-2-4-7-5-3-6-8-7/h1-6H,(H2,10,11);3,5-6H,2,4H2,1H3. The summed E-state index contributed by atoms with van der Waals surface area (Å²) in [5.41, 5.74) is 7.46. The first-order chi connectivity index (χ1) is 9.31. The van der Waals surface area contributed by atoms with Crippen molar-refractivity contribution in [2.45, 2.75) is 19.8 Å². The normalized spacial score (nSPS) is 9.95. The van der Waals surface area contributed by atoms with Crippen LogP contribution in [0.15, 0.2) is 54.0 Å². The van der Waals surface area contributed by atoms with Gasteiger partial charge >= 0.3 is 0 Å². The quantitative estimate of drug-likeness (QED) is 0.743. The Morgan fingerprint density at radius 3 is 2.63 bits per heavy atom. The first-order valence-electron chi connectivity index (χ1n) is 6.43. The largest absolute Gasteiger partial charge is 0.398 e. The van der Waals surface area contributed by atoms with Gasteiger partial charge in [0.15, 0.2) is 0 Å². The molecule has 2 N–H and O–H groups in total. The number of anilines is 1. The second-order valence-electron chi connectivity index (χ2n) is 4.25. The van der Waals surface area contributed by atoms with Crippen LogP contribution < -0.4 is 5.73 Å². The number of fused-ring (bicyclic) bond motifs is 1. The molecule has 0 aliphatic rings. The second-order valence-corrected chi connectivity index (χ2v) is 5.28. The Bertz CT molecular complexity index is 612. The molecule has 0 aliphatic heterocycles. The molecule has 1 aromatic carbocycles. The number of para-hydroxylation sites is 1. The number of rotatable bonds is 2. The number of hydrogen-bond acceptors (Lipinski definition) is 3. The van der Waals surface area contributed by atoms with Crippen LogP contribution in [0.3, 0.4) is 0 Å². The Morgan fingerprint density at radius 2 is 1.95 bits per heavy atom. The fourth-order valence-electron chi connectivity index (χ4n) is 1.82. The zero-order chi connectivity index (χ0) is 13.5. The van der Waals surface area contributed by atoms with E-state index in [1.807, 2.05) is 41.7 Å². The van der Waals surface area contributed by atoms with Crippen LogP contribution in [0.4, 0.5) is 5.69 Å². The van der Waals surface area contributed by atoms with Crippen molar-refractivity contribution in [1.82, 2.24) is 4.98 Å². The number of aromatic nitrogens is 1. The summed E-state index contributed by atoms with van der Waals surface area (Å²) >= 11 is 1.85. The minimum atomic E-state index is 0.788. The predicted octanol–water partition coefficient (Wildman–Crippen LogP) is 4.52. The summed E-state index contributed by atoms with van der Waals surface area (Å²) in [6.07, 6.45) is 4.23. The van der Waals surface area contributed by atoms with Crippen LogP contribution >= 0.6 is 11.3 Å². The summed E-state index contributed by atoms with van der Waals surface area (Å²) in [4.78, 5) is 5.67. The van der Waals surface area contributed by atoms with Crippen molar-refractivity contribution in [2.24, 2.45) is 0 Å². The van der Waals surface area contributed by atoms with Crippen LogP contribution in [0.5, 0.6) is 0 Å². The maximum atomic E-state index is 5.72. The van der Waals surface area contributed by atoms with E-state index in [1.54, 1.807) is 6.20 Å². The number of benzene rings is 1. The van der Waals surface area contributed by atoms with Gasteiger partial charge in [-0.05, 0) is 30.0 Å². The van der Waals surface area contributed by atoms with Crippen LogP contribution in [0, 0.1) is 0 Å². The Labute approximate surface area is 117 Å². The average molecular weight is 270 g/mol. The molecule has 2 nitrogen and oxygen atoms in total. The van der Waals surface area contributed by atoms with Gasteiger partial charge in [0.2, 0.25) is 0 Å². The molecule has 3 aromatic rings. The van der Waals surface area contributed by atoms with E-state index >= 15 is 0 Å². The highest BCUT2D eigenvalue weighted by molar-refractivity contribution is 7.09. The van der Waals surface area contributed by atoms with Crippen molar-refractivity contribution in [3.63, 3.8) is 0 Å². The summed E-state index contributed by atoms with van der Waals surface area (Å²) < 4.78 is 0. The molecule has 0 radical (unpaired) electrons. The molecule has 2 aromatic heterocycles. The number of hydrogen-bond donors (Lipinski definition) is 1. The third-order valence-corrected chi connectivity index (χ3v) is 3.70. The van der Waals surface area contributed by atoms with Crippen molar-refractivity contribution in [3.8, 4) is 0 Å². The number of pyridine rings is 1. The van der Waals surface area contributed by atoms with Gasteiger partial charge in [-0.1, -0.05) is 37.6 Å². The van der Waals surface area contributed by atoms with Crippen LogP contribution in [-0.4, -0.2) is 4.98 Å². The summed E-state index contributed by atoms with van der Waals surface area (Å²) in [6, 6.07) is 13.9. The zero-order valence-corrected chi connectivity index (χ0v) is 11.9. The highest BCUT2D eigenvalue weighted by atomic mass is 32.1. The molecule has 19 heavy (non-hydrogen) atoms. The van der Waals surface area contributed by atoms with Crippen LogP contribution in [0.25, 0.3) is 10.9 Å². The fraction of sp³-hybridized carbons (Fsp3) is 0.188. The molecular formula is C16H18N2S. The lowest BCUT2D eigenvalue weighted by Crippen LogP contribution is -1.87. The molecule has 0 spiro atoms. The molecular weight excluding hydrogens is 252 g/mol. The van der Waals surface area contributed by atoms with Crippen molar-refractivity contribution < 1.29 is 0 Å². The number of thiophene rings is 1. The number of aryl methyl sites for hydroxylation is 1. The van der Waals surface area contributed by atoms with Gasteiger partial charge in [-0.2, -0.15) is 0 Å². The minimum Gasteiger partial charge on any atom is -0.398 e. The first-order valence-corrected chi connectivity index (χ1v) is 7.31. The Balaban J connectivity index is 0.000000148. The summed E-state index contributed by atoms with van der Waals surface area (Å²) in [5.74, 6) is 0. The lowest BCUT2D eigenvalue weighted by atomic mass is 10.2. The van der Waals surface area contributed by atoms with E-state index in [-0.39, 0.29) is 0 Å². The molecule has 0 atom stereocenters. The van der Waals surface area contributed by atoms with Crippen molar-refractivity contribution in [2.75, 3.05) is 5.73 Å². The third kappa shape index (κ3) is 3.80. The van der Waals surface area contributed by atoms with Gasteiger partial charge in [0.1, 0.15) is 0 Å². The topological polar surface area (TPSA) is 38.9 Å². The van der Waals surface area contributed by atoms with Crippen LogP contribution in [0.2, 0.25) is 0 Å². The van der Waals surface area contributed by atoms with Crippen molar-refractivity contribution >= 4 is 27.9 Å². The maximum Gasteiger partial charge on any atom is 0.0722 e. The monoisotopic (exact) mass is 270 g/mol. The SMILES string of the molecule is CCCc1cccs1.Nc1ccnc2ccccc12. The van der Waals surface area contributed by atoms with E-state index in [4.69, 9.17) is 5.73 Å². The van der Waals surface area contributed by atoms with Gasteiger partial charge in [0.05, 0.1) is 5.52 Å². The van der Waals surface area contributed by atoms with Crippen LogP contribution in [0.1, 0.15) is 18.2 Å². The Kier molecular flexibility index (Phi) is 4.93.